The summed E-state index contributed by atoms with van der Waals surface area (Å²) in [6.07, 6.45) is 1.92. The average Bonchev–Trinajstić information content (AvgIpc) is 3.25. The third kappa shape index (κ3) is 6.13. The van der Waals surface area contributed by atoms with E-state index in [4.69, 9.17) is 9.84 Å². The van der Waals surface area contributed by atoms with Crippen LogP contribution < -0.4 is 4.74 Å². The first-order valence-electron chi connectivity index (χ1n) is 11.3. The summed E-state index contributed by atoms with van der Waals surface area (Å²) in [6.45, 7) is 4.90. The minimum atomic E-state index is -0.862. The predicted octanol–water partition coefficient (Wildman–Crippen LogP) is 5.28. The second-order valence-corrected chi connectivity index (χ2v) is 9.57. The molecule has 6 heteroatoms. The molecule has 0 spiro atoms. The fraction of sp³-hybridized carbons (Fsp3) is 0.286. The number of aldehydes is 1. The Morgan fingerprint density at radius 1 is 1.21 bits per heavy atom. The van der Waals surface area contributed by atoms with Crippen molar-refractivity contribution >= 4 is 23.6 Å². The van der Waals surface area contributed by atoms with Crippen molar-refractivity contribution < 1.29 is 19.4 Å². The molecule has 174 valence electrons. The molecule has 0 aliphatic carbocycles. The van der Waals surface area contributed by atoms with Crippen molar-refractivity contribution in [1.29, 1.82) is 0 Å². The molecule has 0 radical (unpaired) electrons. The number of benzene rings is 2. The molecule has 0 fully saturated rings. The minimum absolute atomic E-state index is 0.0170. The van der Waals surface area contributed by atoms with Crippen LogP contribution in [0.5, 0.6) is 5.75 Å². The van der Waals surface area contributed by atoms with E-state index in [-0.39, 0.29) is 12.3 Å². The van der Waals surface area contributed by atoms with Gasteiger partial charge in [-0.15, -0.1) is 17.3 Å². The normalized spacial score (nSPS) is 13.9. The number of fused-ring (bicyclic) bond motifs is 1. The van der Waals surface area contributed by atoms with Crippen LogP contribution in [0.1, 0.15) is 56.1 Å². The van der Waals surface area contributed by atoms with Gasteiger partial charge in [-0.05, 0) is 53.8 Å². The fourth-order valence-corrected chi connectivity index (χ4v) is 5.23. The van der Waals surface area contributed by atoms with Crippen molar-refractivity contribution in [1.82, 2.24) is 4.90 Å². The van der Waals surface area contributed by atoms with Gasteiger partial charge in [0.15, 0.2) is 6.29 Å². The number of ether oxygens (including phenoxy) is 1. The molecule has 0 saturated carbocycles. The van der Waals surface area contributed by atoms with E-state index in [1.165, 1.54) is 16.0 Å². The molecule has 2 heterocycles. The molecule has 1 atom stereocenters. The highest BCUT2D eigenvalue weighted by atomic mass is 32.1. The summed E-state index contributed by atoms with van der Waals surface area (Å²) in [7, 11) is 0. The lowest BCUT2D eigenvalue weighted by Crippen LogP contribution is -2.29. The SMILES string of the molecule is CC#C[C@@H](CC(=O)O)c1ccc(OCc2cccc(CN3CCc4sc(C=O)cc4C3)c2)cc1. The van der Waals surface area contributed by atoms with Crippen LogP contribution in [-0.4, -0.2) is 28.8 Å². The summed E-state index contributed by atoms with van der Waals surface area (Å²) in [4.78, 5) is 26.7. The molecule has 0 saturated heterocycles. The van der Waals surface area contributed by atoms with Crippen LogP contribution in [0.25, 0.3) is 0 Å². The number of hydrogen-bond donors (Lipinski definition) is 1. The smallest absolute Gasteiger partial charge is 0.304 e. The van der Waals surface area contributed by atoms with Gasteiger partial charge in [0.1, 0.15) is 12.4 Å². The van der Waals surface area contributed by atoms with Crippen LogP contribution >= 0.6 is 11.3 Å². The monoisotopic (exact) mass is 473 g/mol. The molecule has 34 heavy (non-hydrogen) atoms. The predicted molar refractivity (Wildman–Crippen MR) is 133 cm³/mol. The lowest BCUT2D eigenvalue weighted by molar-refractivity contribution is -0.137. The van der Waals surface area contributed by atoms with E-state index in [1.807, 2.05) is 30.3 Å². The lowest BCUT2D eigenvalue weighted by atomic mass is 9.96. The Bertz CT molecular complexity index is 1220. The number of hydrogen-bond acceptors (Lipinski definition) is 5. The Kier molecular flexibility index (Phi) is 7.79. The number of carboxylic acids is 1. The van der Waals surface area contributed by atoms with Gasteiger partial charge in [-0.1, -0.05) is 42.3 Å². The highest BCUT2D eigenvalue weighted by Crippen LogP contribution is 2.28. The maximum absolute atomic E-state index is 11.1. The third-order valence-electron chi connectivity index (χ3n) is 5.86. The number of carboxylic acid groups (broad SMARTS) is 1. The Morgan fingerprint density at radius 2 is 2.00 bits per heavy atom. The van der Waals surface area contributed by atoms with Crippen LogP contribution in [0.2, 0.25) is 0 Å². The highest BCUT2D eigenvalue weighted by molar-refractivity contribution is 7.13. The van der Waals surface area contributed by atoms with E-state index >= 15 is 0 Å². The molecule has 1 N–H and O–H groups in total. The van der Waals surface area contributed by atoms with Crippen LogP contribution in [0.15, 0.2) is 54.6 Å². The molecule has 3 aromatic rings. The van der Waals surface area contributed by atoms with E-state index in [9.17, 15) is 9.59 Å². The lowest BCUT2D eigenvalue weighted by Gasteiger charge is -2.26. The maximum atomic E-state index is 11.1. The largest absolute Gasteiger partial charge is 0.489 e. The van der Waals surface area contributed by atoms with Crippen LogP contribution in [-0.2, 0) is 30.9 Å². The molecule has 1 aliphatic rings. The molecule has 2 aromatic carbocycles. The third-order valence-corrected chi connectivity index (χ3v) is 7.03. The summed E-state index contributed by atoms with van der Waals surface area (Å²) >= 11 is 1.61. The van der Waals surface area contributed by atoms with Gasteiger partial charge in [-0.2, -0.15) is 0 Å². The number of thiophene rings is 1. The molecule has 0 unspecified atom stereocenters. The van der Waals surface area contributed by atoms with Crippen molar-refractivity contribution in [2.75, 3.05) is 6.54 Å². The Hall–Kier alpha value is -3.40. The Labute approximate surface area is 204 Å². The fourth-order valence-electron chi connectivity index (χ4n) is 4.25. The molecule has 1 aromatic heterocycles. The van der Waals surface area contributed by atoms with Gasteiger partial charge < -0.3 is 9.84 Å². The maximum Gasteiger partial charge on any atom is 0.304 e. The van der Waals surface area contributed by atoms with Crippen LogP contribution in [0, 0.1) is 11.8 Å². The first-order valence-corrected chi connectivity index (χ1v) is 12.1. The van der Waals surface area contributed by atoms with Gasteiger partial charge in [0.25, 0.3) is 0 Å². The molecular weight excluding hydrogens is 446 g/mol. The molecule has 1 aliphatic heterocycles. The highest BCUT2D eigenvalue weighted by Gasteiger charge is 2.19. The van der Waals surface area contributed by atoms with Crippen LogP contribution in [0.4, 0.5) is 0 Å². The summed E-state index contributed by atoms with van der Waals surface area (Å²) in [6, 6.07) is 17.9. The first-order chi connectivity index (χ1) is 16.5. The summed E-state index contributed by atoms with van der Waals surface area (Å²) in [5.74, 6) is 5.33. The van der Waals surface area contributed by atoms with Crippen molar-refractivity contribution in [2.45, 2.75) is 45.4 Å². The van der Waals surface area contributed by atoms with Gasteiger partial charge in [-0.25, -0.2) is 0 Å². The average molecular weight is 474 g/mol. The number of rotatable bonds is 9. The first kappa shape index (κ1) is 23.7. The molecular formula is C28H27NO4S. The van der Waals surface area contributed by atoms with Crippen molar-refractivity contribution in [3.05, 3.63) is 86.6 Å². The molecule has 5 nitrogen and oxygen atoms in total. The van der Waals surface area contributed by atoms with E-state index in [0.29, 0.717) is 6.61 Å². The Balaban J connectivity index is 1.34. The zero-order valence-electron chi connectivity index (χ0n) is 19.1. The number of carbonyl (C=O) groups excluding carboxylic acids is 1. The molecule has 0 amide bonds. The van der Waals surface area contributed by atoms with Gasteiger partial charge in [0, 0.05) is 24.5 Å². The van der Waals surface area contributed by atoms with Gasteiger partial charge in [-0.3, -0.25) is 14.5 Å². The summed E-state index contributed by atoms with van der Waals surface area (Å²) < 4.78 is 5.98. The molecule has 4 rings (SSSR count). The van der Waals surface area contributed by atoms with Crippen molar-refractivity contribution in [3.8, 4) is 17.6 Å². The van der Waals surface area contributed by atoms with Crippen molar-refractivity contribution in [3.63, 3.8) is 0 Å². The van der Waals surface area contributed by atoms with E-state index in [1.54, 1.807) is 18.3 Å². The number of aliphatic carboxylic acids is 1. The van der Waals surface area contributed by atoms with E-state index < -0.39 is 5.97 Å². The quantitative estimate of drug-likeness (QED) is 0.338. The molecule has 0 bridgehead atoms. The summed E-state index contributed by atoms with van der Waals surface area (Å²) in [5.41, 5.74) is 4.48. The van der Waals surface area contributed by atoms with E-state index in [0.717, 1.165) is 54.1 Å². The van der Waals surface area contributed by atoms with Gasteiger partial charge >= 0.3 is 5.97 Å². The topological polar surface area (TPSA) is 66.8 Å². The standard InChI is InChI=1S/C28H27NO4S/c1-2-4-23(15-28(31)32)22-7-9-25(10-8-22)33-19-21-6-3-5-20(13-21)16-29-12-11-27-24(17-29)14-26(18-30)34-27/h3,5-10,13-14,18,23H,11-12,15-17,19H2,1H3,(H,31,32)/t23-/m0/s1. The second-order valence-electron chi connectivity index (χ2n) is 8.40. The van der Waals surface area contributed by atoms with Crippen molar-refractivity contribution in [2.24, 2.45) is 0 Å². The zero-order chi connectivity index (χ0) is 23.9. The number of carbonyl (C=O) groups is 2. The van der Waals surface area contributed by atoms with Crippen LogP contribution in [0.3, 0.4) is 0 Å². The summed E-state index contributed by atoms with van der Waals surface area (Å²) in [5, 5.41) is 9.11. The van der Waals surface area contributed by atoms with Gasteiger partial charge in [0.2, 0.25) is 0 Å². The number of nitrogens with zero attached hydrogens (tertiary/aromatic N) is 1. The Morgan fingerprint density at radius 3 is 2.74 bits per heavy atom. The minimum Gasteiger partial charge on any atom is -0.489 e. The second kappa shape index (κ2) is 11.1. The van der Waals surface area contributed by atoms with Gasteiger partial charge in [0.05, 0.1) is 17.2 Å². The van der Waals surface area contributed by atoms with E-state index in [2.05, 4.69) is 41.0 Å². The zero-order valence-corrected chi connectivity index (χ0v) is 19.9.